The summed E-state index contributed by atoms with van der Waals surface area (Å²) in [5.74, 6) is 1.65. The summed E-state index contributed by atoms with van der Waals surface area (Å²) in [6.07, 6.45) is 2.64. The van der Waals surface area contributed by atoms with Gasteiger partial charge in [0.2, 0.25) is 0 Å². The molecule has 0 fully saturated rings. The number of hydrogen-bond acceptors (Lipinski definition) is 5. The minimum absolute atomic E-state index is 0.101. The number of hydrogen-bond donors (Lipinski definition) is 2. The number of pyridine rings is 1. The van der Waals surface area contributed by atoms with Crippen LogP contribution in [0, 0.1) is 0 Å². The minimum atomic E-state index is -0.257. The second-order valence-electron chi connectivity index (χ2n) is 4.85. The average molecular weight is 315 g/mol. The fraction of sp³-hybridized carbons (Fsp3) is 0.294. The summed E-state index contributed by atoms with van der Waals surface area (Å²) in [6.45, 7) is 2.85. The highest BCUT2D eigenvalue weighted by molar-refractivity contribution is 5.91. The van der Waals surface area contributed by atoms with E-state index in [1.807, 2.05) is 18.2 Å². The molecular formula is C17H21N3O3. The van der Waals surface area contributed by atoms with Crippen LogP contribution in [-0.2, 0) is 4.79 Å². The van der Waals surface area contributed by atoms with Crippen LogP contribution >= 0.6 is 0 Å². The largest absolute Gasteiger partial charge is 0.493 e. The second-order valence-corrected chi connectivity index (χ2v) is 4.85. The molecule has 2 rings (SSSR count). The van der Waals surface area contributed by atoms with Gasteiger partial charge >= 0.3 is 0 Å². The molecule has 23 heavy (non-hydrogen) atoms. The van der Waals surface area contributed by atoms with Crippen LogP contribution in [-0.4, -0.2) is 31.2 Å². The third-order valence-electron chi connectivity index (χ3n) is 3.03. The lowest BCUT2D eigenvalue weighted by molar-refractivity contribution is -0.118. The molecule has 2 aromatic rings. The fourth-order valence-electron chi connectivity index (χ4n) is 1.90. The van der Waals surface area contributed by atoms with Gasteiger partial charge in [0.05, 0.1) is 19.0 Å². The molecule has 0 radical (unpaired) electrons. The molecule has 0 unspecified atom stereocenters. The summed E-state index contributed by atoms with van der Waals surface area (Å²) in [5, 5.41) is 5.91. The molecule has 6 nitrogen and oxygen atoms in total. The average Bonchev–Trinajstić information content (AvgIpc) is 2.59. The van der Waals surface area contributed by atoms with E-state index in [0.29, 0.717) is 17.2 Å². The lowest BCUT2D eigenvalue weighted by atomic mass is 10.3. The Balaban J connectivity index is 1.84. The molecule has 2 N–H and O–H groups in total. The van der Waals surface area contributed by atoms with Gasteiger partial charge in [0.25, 0.3) is 5.91 Å². The Hall–Kier alpha value is -2.76. The number of nitrogens with zero attached hydrogens (tertiary/aromatic N) is 1. The Morgan fingerprint density at radius 3 is 2.61 bits per heavy atom. The van der Waals surface area contributed by atoms with E-state index < -0.39 is 0 Å². The lowest BCUT2D eigenvalue weighted by Gasteiger charge is -2.10. The van der Waals surface area contributed by atoms with Gasteiger partial charge in [0.1, 0.15) is 5.82 Å². The van der Waals surface area contributed by atoms with E-state index in [4.69, 9.17) is 9.47 Å². The van der Waals surface area contributed by atoms with Gasteiger partial charge in [-0.1, -0.05) is 19.1 Å². The summed E-state index contributed by atoms with van der Waals surface area (Å²) < 4.78 is 10.6. The Morgan fingerprint density at radius 2 is 1.96 bits per heavy atom. The summed E-state index contributed by atoms with van der Waals surface area (Å²) in [5.41, 5.74) is 0.626. The van der Waals surface area contributed by atoms with Crippen LogP contribution in [0.1, 0.15) is 13.3 Å². The van der Waals surface area contributed by atoms with Crippen molar-refractivity contribution >= 4 is 17.4 Å². The van der Waals surface area contributed by atoms with Crippen LogP contribution < -0.4 is 20.1 Å². The maximum Gasteiger partial charge on any atom is 0.262 e. The molecule has 0 spiro atoms. The maximum atomic E-state index is 11.9. The SMILES string of the molecule is CCCNc1ccc(NC(=O)COc2ccccc2OC)cn1. The van der Waals surface area contributed by atoms with Crippen molar-refractivity contribution in [2.45, 2.75) is 13.3 Å². The van der Waals surface area contributed by atoms with Crippen LogP contribution in [0.3, 0.4) is 0 Å². The van der Waals surface area contributed by atoms with Crippen molar-refractivity contribution in [1.82, 2.24) is 4.98 Å². The van der Waals surface area contributed by atoms with E-state index in [1.54, 1.807) is 31.5 Å². The number of benzene rings is 1. The second kappa shape index (κ2) is 8.63. The molecule has 1 heterocycles. The standard InChI is InChI=1S/C17H21N3O3/c1-3-10-18-16-9-8-13(11-19-16)20-17(21)12-23-15-7-5-4-6-14(15)22-2/h4-9,11H,3,10,12H2,1-2H3,(H,18,19)(H,20,21). The van der Waals surface area contributed by atoms with Crippen molar-refractivity contribution in [2.24, 2.45) is 0 Å². The molecule has 0 aliphatic carbocycles. The van der Waals surface area contributed by atoms with Gasteiger partial charge in [-0.2, -0.15) is 0 Å². The number of para-hydroxylation sites is 2. The molecule has 0 saturated carbocycles. The zero-order valence-corrected chi connectivity index (χ0v) is 13.3. The van der Waals surface area contributed by atoms with Crippen molar-refractivity contribution in [3.8, 4) is 11.5 Å². The predicted octanol–water partition coefficient (Wildman–Crippen LogP) is 2.93. The zero-order chi connectivity index (χ0) is 16.5. The molecule has 0 saturated heterocycles. The topological polar surface area (TPSA) is 72.5 Å². The number of rotatable bonds is 8. The molecule has 122 valence electrons. The van der Waals surface area contributed by atoms with E-state index in [0.717, 1.165) is 18.8 Å². The summed E-state index contributed by atoms with van der Waals surface area (Å²) in [7, 11) is 1.56. The lowest BCUT2D eigenvalue weighted by Crippen LogP contribution is -2.20. The van der Waals surface area contributed by atoms with E-state index in [-0.39, 0.29) is 12.5 Å². The van der Waals surface area contributed by atoms with Crippen LogP contribution in [0.15, 0.2) is 42.6 Å². The number of nitrogens with one attached hydrogen (secondary N) is 2. The number of carbonyl (C=O) groups excluding carboxylic acids is 1. The van der Waals surface area contributed by atoms with E-state index in [2.05, 4.69) is 22.5 Å². The molecule has 1 aromatic carbocycles. The Morgan fingerprint density at radius 1 is 1.17 bits per heavy atom. The fourth-order valence-corrected chi connectivity index (χ4v) is 1.90. The number of carbonyl (C=O) groups is 1. The van der Waals surface area contributed by atoms with Gasteiger partial charge in [0.15, 0.2) is 18.1 Å². The third kappa shape index (κ3) is 5.18. The van der Waals surface area contributed by atoms with E-state index in [9.17, 15) is 4.79 Å². The first-order chi connectivity index (χ1) is 11.2. The molecule has 0 aliphatic heterocycles. The minimum Gasteiger partial charge on any atom is -0.493 e. The Kier molecular flexibility index (Phi) is 6.23. The van der Waals surface area contributed by atoms with Crippen LogP contribution in [0.4, 0.5) is 11.5 Å². The van der Waals surface area contributed by atoms with Gasteiger partial charge in [0, 0.05) is 6.54 Å². The first-order valence-corrected chi connectivity index (χ1v) is 7.48. The monoisotopic (exact) mass is 315 g/mol. The van der Waals surface area contributed by atoms with Crippen molar-refractivity contribution < 1.29 is 14.3 Å². The Labute approximate surface area is 135 Å². The van der Waals surface area contributed by atoms with Gasteiger partial charge in [-0.25, -0.2) is 4.98 Å². The highest BCUT2D eigenvalue weighted by Crippen LogP contribution is 2.25. The highest BCUT2D eigenvalue weighted by Gasteiger charge is 2.07. The number of ether oxygens (including phenoxy) is 2. The van der Waals surface area contributed by atoms with Crippen molar-refractivity contribution in [1.29, 1.82) is 0 Å². The molecule has 1 aromatic heterocycles. The summed E-state index contributed by atoms with van der Waals surface area (Å²) in [4.78, 5) is 16.2. The van der Waals surface area contributed by atoms with Gasteiger partial charge in [-0.3, -0.25) is 4.79 Å². The first kappa shape index (κ1) is 16.6. The Bertz CT molecular complexity index is 629. The molecule has 6 heteroatoms. The number of amides is 1. The molecule has 0 aliphatic rings. The highest BCUT2D eigenvalue weighted by atomic mass is 16.5. The van der Waals surface area contributed by atoms with Crippen molar-refractivity contribution in [2.75, 3.05) is 30.9 Å². The molecule has 1 amide bonds. The summed E-state index contributed by atoms with van der Waals surface area (Å²) in [6, 6.07) is 10.8. The van der Waals surface area contributed by atoms with E-state index >= 15 is 0 Å². The number of aromatic nitrogens is 1. The number of anilines is 2. The van der Waals surface area contributed by atoms with Crippen LogP contribution in [0.25, 0.3) is 0 Å². The molecule has 0 atom stereocenters. The third-order valence-corrected chi connectivity index (χ3v) is 3.03. The van der Waals surface area contributed by atoms with Crippen molar-refractivity contribution in [3.63, 3.8) is 0 Å². The van der Waals surface area contributed by atoms with Crippen LogP contribution in [0.5, 0.6) is 11.5 Å². The number of methoxy groups -OCH3 is 1. The quantitative estimate of drug-likeness (QED) is 0.783. The van der Waals surface area contributed by atoms with Crippen molar-refractivity contribution in [3.05, 3.63) is 42.6 Å². The smallest absolute Gasteiger partial charge is 0.262 e. The first-order valence-electron chi connectivity index (χ1n) is 7.48. The van der Waals surface area contributed by atoms with Gasteiger partial charge in [-0.15, -0.1) is 0 Å². The van der Waals surface area contributed by atoms with Gasteiger partial charge in [-0.05, 0) is 30.7 Å². The van der Waals surface area contributed by atoms with E-state index in [1.165, 1.54) is 0 Å². The van der Waals surface area contributed by atoms with Gasteiger partial charge < -0.3 is 20.1 Å². The summed E-state index contributed by atoms with van der Waals surface area (Å²) >= 11 is 0. The predicted molar refractivity (Wildman–Crippen MR) is 90.1 cm³/mol. The molecular weight excluding hydrogens is 294 g/mol. The zero-order valence-electron chi connectivity index (χ0n) is 13.3. The maximum absolute atomic E-state index is 11.9. The molecule has 0 bridgehead atoms. The van der Waals surface area contributed by atoms with Crippen LogP contribution in [0.2, 0.25) is 0 Å². The normalized spacial score (nSPS) is 10.0.